The zero-order valence-corrected chi connectivity index (χ0v) is 11.3. The fourth-order valence-corrected chi connectivity index (χ4v) is 2.40. The smallest absolute Gasteiger partial charge is 0.292 e. The highest BCUT2D eigenvalue weighted by molar-refractivity contribution is 5.64. The van der Waals surface area contributed by atoms with Gasteiger partial charge >= 0.3 is 0 Å². The van der Waals surface area contributed by atoms with Crippen molar-refractivity contribution in [1.82, 2.24) is 0 Å². The largest absolute Gasteiger partial charge is 0.379 e. The van der Waals surface area contributed by atoms with Gasteiger partial charge in [-0.3, -0.25) is 10.1 Å². The number of nitriles is 1. The molecule has 0 heterocycles. The lowest BCUT2D eigenvalue weighted by molar-refractivity contribution is -0.384. The predicted octanol–water partition coefficient (Wildman–Crippen LogP) is 3.77. The van der Waals surface area contributed by atoms with Crippen molar-refractivity contribution in [3.05, 3.63) is 45.5 Å². The van der Waals surface area contributed by atoms with E-state index in [1.807, 2.05) is 6.07 Å². The van der Waals surface area contributed by atoms with Gasteiger partial charge in [-0.25, -0.2) is 0 Å². The maximum absolute atomic E-state index is 11.0. The van der Waals surface area contributed by atoms with Gasteiger partial charge in [0.25, 0.3) is 5.69 Å². The number of hydrogen-bond acceptors (Lipinski definition) is 4. The molecule has 104 valence electrons. The van der Waals surface area contributed by atoms with Crippen molar-refractivity contribution in [3.8, 4) is 6.07 Å². The maximum Gasteiger partial charge on any atom is 0.292 e. The molecule has 0 radical (unpaired) electrons. The van der Waals surface area contributed by atoms with Crippen LogP contribution >= 0.6 is 0 Å². The Morgan fingerprint density at radius 2 is 2.25 bits per heavy atom. The first kappa shape index (κ1) is 14.1. The molecule has 20 heavy (non-hydrogen) atoms. The molecule has 0 fully saturated rings. The van der Waals surface area contributed by atoms with E-state index in [-0.39, 0.29) is 5.69 Å². The van der Waals surface area contributed by atoms with Crippen molar-refractivity contribution in [2.75, 3.05) is 11.9 Å². The molecule has 0 saturated carbocycles. The topological polar surface area (TPSA) is 79.0 Å². The van der Waals surface area contributed by atoms with Gasteiger partial charge in [-0.15, -0.1) is 0 Å². The van der Waals surface area contributed by atoms with E-state index >= 15 is 0 Å². The lowest BCUT2D eigenvalue weighted by Gasteiger charge is -2.13. The minimum absolute atomic E-state index is 0.0154. The van der Waals surface area contributed by atoms with E-state index in [0.717, 1.165) is 19.3 Å². The van der Waals surface area contributed by atoms with E-state index in [0.29, 0.717) is 17.8 Å². The normalized spacial score (nSPS) is 14.2. The highest BCUT2D eigenvalue weighted by atomic mass is 16.6. The Kier molecular flexibility index (Phi) is 4.72. The average Bonchev–Trinajstić information content (AvgIpc) is 2.48. The number of hydrogen-bond donors (Lipinski definition) is 1. The molecule has 0 amide bonds. The standard InChI is InChI=1S/C15H17N3O2/c16-11-13-6-7-15(18(19)20)14(10-13)17-9-8-12-4-2-1-3-5-12/h4,6-7,10,17H,1-3,5,8-9H2. The van der Waals surface area contributed by atoms with Crippen LogP contribution in [0.4, 0.5) is 11.4 Å². The van der Waals surface area contributed by atoms with Gasteiger partial charge in [0, 0.05) is 12.6 Å². The van der Waals surface area contributed by atoms with Crippen molar-refractivity contribution in [3.63, 3.8) is 0 Å². The van der Waals surface area contributed by atoms with E-state index in [9.17, 15) is 10.1 Å². The van der Waals surface area contributed by atoms with E-state index in [1.54, 1.807) is 0 Å². The molecule has 0 saturated heterocycles. The van der Waals surface area contributed by atoms with Crippen LogP contribution in [0.15, 0.2) is 29.8 Å². The molecule has 0 bridgehead atoms. The first-order valence-electron chi connectivity index (χ1n) is 6.81. The summed E-state index contributed by atoms with van der Waals surface area (Å²) in [5, 5.41) is 22.9. The van der Waals surface area contributed by atoms with Gasteiger partial charge in [0.05, 0.1) is 16.6 Å². The Morgan fingerprint density at radius 1 is 1.40 bits per heavy atom. The van der Waals surface area contributed by atoms with Crippen LogP contribution in [0.5, 0.6) is 0 Å². The molecule has 0 aromatic heterocycles. The van der Waals surface area contributed by atoms with Gasteiger partial charge in [0.15, 0.2) is 0 Å². The van der Waals surface area contributed by atoms with Gasteiger partial charge in [-0.1, -0.05) is 11.6 Å². The van der Waals surface area contributed by atoms with E-state index < -0.39 is 4.92 Å². The van der Waals surface area contributed by atoms with Gasteiger partial charge < -0.3 is 5.32 Å². The second kappa shape index (κ2) is 6.71. The molecule has 5 nitrogen and oxygen atoms in total. The number of anilines is 1. The molecule has 1 aliphatic carbocycles. The first-order chi connectivity index (χ1) is 9.70. The monoisotopic (exact) mass is 271 g/mol. The summed E-state index contributed by atoms with van der Waals surface area (Å²) in [6, 6.07) is 6.38. The quantitative estimate of drug-likeness (QED) is 0.502. The highest BCUT2D eigenvalue weighted by Crippen LogP contribution is 2.26. The summed E-state index contributed by atoms with van der Waals surface area (Å²) >= 11 is 0. The summed E-state index contributed by atoms with van der Waals surface area (Å²) in [6.07, 6.45) is 7.92. The fraction of sp³-hybridized carbons (Fsp3) is 0.400. The fourth-order valence-electron chi connectivity index (χ4n) is 2.40. The second-order valence-electron chi connectivity index (χ2n) is 4.89. The van der Waals surface area contributed by atoms with E-state index in [4.69, 9.17) is 5.26 Å². The number of nitrogens with one attached hydrogen (secondary N) is 1. The molecule has 1 aromatic carbocycles. The Hall–Kier alpha value is -2.35. The molecular weight excluding hydrogens is 254 g/mol. The summed E-state index contributed by atoms with van der Waals surface area (Å²) in [5.41, 5.74) is 2.28. The number of allylic oxidation sites excluding steroid dienone is 1. The van der Waals surface area contributed by atoms with Gasteiger partial charge in [-0.05, 0) is 44.2 Å². The van der Waals surface area contributed by atoms with E-state index in [1.165, 1.54) is 36.6 Å². The summed E-state index contributed by atoms with van der Waals surface area (Å²) < 4.78 is 0. The Labute approximate surface area is 118 Å². The van der Waals surface area contributed by atoms with Crippen molar-refractivity contribution in [1.29, 1.82) is 5.26 Å². The SMILES string of the molecule is N#Cc1ccc([N+](=O)[O-])c(NCCC2=CCCCC2)c1. The molecule has 1 aromatic rings. The van der Waals surface area contributed by atoms with Crippen molar-refractivity contribution < 1.29 is 4.92 Å². The molecule has 0 atom stereocenters. The number of nitrogens with zero attached hydrogens (tertiary/aromatic N) is 2. The second-order valence-corrected chi connectivity index (χ2v) is 4.89. The number of benzene rings is 1. The third-order valence-electron chi connectivity index (χ3n) is 3.47. The average molecular weight is 271 g/mol. The third-order valence-corrected chi connectivity index (χ3v) is 3.47. The molecule has 1 aliphatic rings. The van der Waals surface area contributed by atoms with Crippen LogP contribution in [0.3, 0.4) is 0 Å². The highest BCUT2D eigenvalue weighted by Gasteiger charge is 2.14. The Morgan fingerprint density at radius 3 is 2.90 bits per heavy atom. The number of nitro benzene ring substituents is 1. The Bertz CT molecular complexity index is 573. The van der Waals surface area contributed by atoms with Crippen LogP contribution in [0, 0.1) is 21.4 Å². The van der Waals surface area contributed by atoms with Crippen LogP contribution < -0.4 is 5.32 Å². The van der Waals surface area contributed by atoms with Gasteiger partial charge in [0.2, 0.25) is 0 Å². The zero-order valence-electron chi connectivity index (χ0n) is 11.3. The summed E-state index contributed by atoms with van der Waals surface area (Å²) in [4.78, 5) is 10.5. The van der Waals surface area contributed by atoms with Crippen LogP contribution in [-0.2, 0) is 0 Å². The molecule has 0 spiro atoms. The van der Waals surface area contributed by atoms with Crippen molar-refractivity contribution in [2.24, 2.45) is 0 Å². The zero-order chi connectivity index (χ0) is 14.4. The molecule has 1 N–H and O–H groups in total. The maximum atomic E-state index is 11.0. The van der Waals surface area contributed by atoms with Crippen molar-refractivity contribution >= 4 is 11.4 Å². The number of rotatable bonds is 5. The third kappa shape index (κ3) is 3.58. The lowest BCUT2D eigenvalue weighted by Crippen LogP contribution is -2.06. The summed E-state index contributed by atoms with van der Waals surface area (Å²) in [5.74, 6) is 0. The Balaban J connectivity index is 2.02. The van der Waals surface area contributed by atoms with Gasteiger partial charge in [-0.2, -0.15) is 5.26 Å². The first-order valence-corrected chi connectivity index (χ1v) is 6.81. The summed E-state index contributed by atoms with van der Waals surface area (Å²) in [7, 11) is 0. The van der Waals surface area contributed by atoms with Crippen LogP contribution in [0.2, 0.25) is 0 Å². The lowest BCUT2D eigenvalue weighted by atomic mass is 9.97. The molecule has 0 unspecified atom stereocenters. The number of nitro groups is 1. The van der Waals surface area contributed by atoms with Gasteiger partial charge in [0.1, 0.15) is 5.69 Å². The predicted molar refractivity (Wildman–Crippen MR) is 77.5 cm³/mol. The van der Waals surface area contributed by atoms with Crippen LogP contribution in [0.1, 0.15) is 37.7 Å². The molecule has 0 aliphatic heterocycles. The van der Waals surface area contributed by atoms with Crippen molar-refractivity contribution in [2.45, 2.75) is 32.1 Å². The minimum atomic E-state index is -0.427. The molecular formula is C15H17N3O2. The van der Waals surface area contributed by atoms with E-state index in [2.05, 4.69) is 11.4 Å². The van der Waals surface area contributed by atoms with Crippen LogP contribution in [0.25, 0.3) is 0 Å². The molecule has 2 rings (SSSR count). The van der Waals surface area contributed by atoms with Crippen LogP contribution in [-0.4, -0.2) is 11.5 Å². The molecule has 5 heteroatoms. The minimum Gasteiger partial charge on any atom is -0.379 e. The summed E-state index contributed by atoms with van der Waals surface area (Å²) in [6.45, 7) is 0.654.